The standard InChI is InChI=1S/C24H34ClN3O6/c1-22(2,3)34-21(32)27-12-6-11-24(15-27,13-16-7-9-17(25)10-8-16)26-19(29)18-14-33-23(4,5)28(18)20(30)31/h7-10,18H,6,11-15H2,1-5H3,(H,26,29)(H,30,31). The summed E-state index contributed by atoms with van der Waals surface area (Å²) in [6.45, 7) is 9.34. The number of benzene rings is 1. The van der Waals surface area contributed by atoms with Crippen LogP contribution in [-0.2, 0) is 20.7 Å². The molecule has 0 saturated carbocycles. The van der Waals surface area contributed by atoms with E-state index >= 15 is 0 Å². The zero-order valence-corrected chi connectivity index (χ0v) is 21.1. The molecule has 2 unspecified atom stereocenters. The van der Waals surface area contributed by atoms with E-state index in [4.69, 9.17) is 21.1 Å². The normalized spacial score (nSPS) is 24.6. The molecular weight excluding hydrogens is 462 g/mol. The lowest BCUT2D eigenvalue weighted by atomic mass is 9.82. The molecule has 34 heavy (non-hydrogen) atoms. The smallest absolute Gasteiger partial charge is 0.410 e. The van der Waals surface area contributed by atoms with Crippen LogP contribution in [0.5, 0.6) is 0 Å². The molecule has 2 saturated heterocycles. The van der Waals surface area contributed by atoms with Crippen molar-refractivity contribution in [3.05, 3.63) is 34.9 Å². The third kappa shape index (κ3) is 6.13. The Bertz CT molecular complexity index is 930. The number of hydrogen-bond acceptors (Lipinski definition) is 5. The molecule has 2 N–H and O–H groups in total. The van der Waals surface area contributed by atoms with Crippen LogP contribution in [0.25, 0.3) is 0 Å². The SMILES string of the molecule is CC(C)(C)OC(=O)N1CCCC(Cc2ccc(Cl)cc2)(NC(=O)C2COC(C)(C)N2C(=O)O)C1. The van der Waals surface area contributed by atoms with Crippen molar-refractivity contribution >= 4 is 29.7 Å². The molecule has 188 valence electrons. The molecule has 0 spiro atoms. The van der Waals surface area contributed by atoms with Crippen LogP contribution in [0.2, 0.25) is 5.02 Å². The van der Waals surface area contributed by atoms with Gasteiger partial charge in [-0.15, -0.1) is 0 Å². The highest BCUT2D eigenvalue weighted by atomic mass is 35.5. The molecule has 2 heterocycles. The molecule has 3 amide bonds. The molecule has 1 aromatic carbocycles. The van der Waals surface area contributed by atoms with Crippen LogP contribution in [0, 0.1) is 0 Å². The second-order valence-corrected chi connectivity index (χ2v) is 10.9. The first kappa shape index (κ1) is 26.1. The molecule has 0 bridgehead atoms. The van der Waals surface area contributed by atoms with E-state index in [9.17, 15) is 19.5 Å². The molecule has 9 nitrogen and oxygen atoms in total. The Morgan fingerprint density at radius 3 is 2.47 bits per heavy atom. The quantitative estimate of drug-likeness (QED) is 0.656. The number of rotatable bonds is 4. The highest BCUT2D eigenvalue weighted by molar-refractivity contribution is 6.30. The second kappa shape index (κ2) is 9.62. The van der Waals surface area contributed by atoms with Crippen LogP contribution in [-0.4, -0.2) is 75.6 Å². The summed E-state index contributed by atoms with van der Waals surface area (Å²) >= 11 is 6.04. The Morgan fingerprint density at radius 2 is 1.88 bits per heavy atom. The van der Waals surface area contributed by atoms with Gasteiger partial charge in [0, 0.05) is 18.1 Å². The first-order chi connectivity index (χ1) is 15.7. The van der Waals surface area contributed by atoms with Gasteiger partial charge in [0.25, 0.3) is 0 Å². The van der Waals surface area contributed by atoms with Gasteiger partial charge in [-0.05, 0) is 71.6 Å². The van der Waals surface area contributed by atoms with Crippen molar-refractivity contribution in [1.29, 1.82) is 0 Å². The van der Waals surface area contributed by atoms with Gasteiger partial charge < -0.3 is 24.8 Å². The van der Waals surface area contributed by atoms with E-state index in [2.05, 4.69) is 5.32 Å². The average Bonchev–Trinajstić information content (AvgIpc) is 3.04. The summed E-state index contributed by atoms with van der Waals surface area (Å²) in [5.41, 5.74) is -1.64. The topological polar surface area (TPSA) is 108 Å². The fourth-order valence-corrected chi connectivity index (χ4v) is 4.73. The summed E-state index contributed by atoms with van der Waals surface area (Å²) in [6, 6.07) is 6.33. The maximum absolute atomic E-state index is 13.4. The van der Waals surface area contributed by atoms with Gasteiger partial charge in [-0.2, -0.15) is 0 Å². The molecule has 0 aromatic heterocycles. The summed E-state index contributed by atoms with van der Waals surface area (Å²) in [5.74, 6) is -0.451. The van der Waals surface area contributed by atoms with Gasteiger partial charge in [-0.1, -0.05) is 23.7 Å². The Labute approximate surface area is 205 Å². The predicted molar refractivity (Wildman–Crippen MR) is 127 cm³/mol. The van der Waals surface area contributed by atoms with E-state index in [1.54, 1.807) is 51.7 Å². The molecule has 0 aliphatic carbocycles. The zero-order chi connectivity index (χ0) is 25.3. The van der Waals surface area contributed by atoms with Crippen LogP contribution in [0.3, 0.4) is 0 Å². The highest BCUT2D eigenvalue weighted by Crippen LogP contribution is 2.31. The summed E-state index contributed by atoms with van der Waals surface area (Å²) in [7, 11) is 0. The van der Waals surface area contributed by atoms with Gasteiger partial charge in [0.1, 0.15) is 17.4 Å². The molecule has 2 aliphatic rings. The van der Waals surface area contributed by atoms with Crippen molar-refractivity contribution in [2.24, 2.45) is 0 Å². The molecule has 0 radical (unpaired) electrons. The minimum atomic E-state index is -1.23. The number of carbonyl (C=O) groups excluding carboxylic acids is 2. The fraction of sp³-hybridized carbons (Fsp3) is 0.625. The third-order valence-electron chi connectivity index (χ3n) is 6.07. The van der Waals surface area contributed by atoms with Crippen LogP contribution >= 0.6 is 11.6 Å². The van der Waals surface area contributed by atoms with Crippen molar-refractivity contribution in [3.8, 4) is 0 Å². The molecule has 2 fully saturated rings. The average molecular weight is 496 g/mol. The Morgan fingerprint density at radius 1 is 1.24 bits per heavy atom. The molecule has 3 rings (SSSR count). The maximum Gasteiger partial charge on any atom is 0.410 e. The van der Waals surface area contributed by atoms with Crippen molar-refractivity contribution in [1.82, 2.24) is 15.1 Å². The Balaban J connectivity index is 1.87. The maximum atomic E-state index is 13.4. The van der Waals surface area contributed by atoms with Gasteiger partial charge in [0.2, 0.25) is 5.91 Å². The van der Waals surface area contributed by atoms with Gasteiger partial charge in [-0.3, -0.25) is 9.69 Å². The lowest BCUT2D eigenvalue weighted by Gasteiger charge is -2.44. The monoisotopic (exact) mass is 495 g/mol. The summed E-state index contributed by atoms with van der Waals surface area (Å²) in [5, 5.41) is 13.4. The summed E-state index contributed by atoms with van der Waals surface area (Å²) in [6.07, 6.45) is 0.0414. The van der Waals surface area contributed by atoms with E-state index in [0.717, 1.165) is 10.5 Å². The summed E-state index contributed by atoms with van der Waals surface area (Å²) in [4.78, 5) is 40.8. The first-order valence-electron chi connectivity index (χ1n) is 11.4. The van der Waals surface area contributed by atoms with Crippen molar-refractivity contribution < 1.29 is 29.0 Å². The number of hydrogen-bond donors (Lipinski definition) is 2. The number of likely N-dealkylation sites (tertiary alicyclic amines) is 1. The first-order valence-corrected chi connectivity index (χ1v) is 11.8. The number of ether oxygens (including phenoxy) is 2. The second-order valence-electron chi connectivity index (χ2n) is 10.5. The van der Waals surface area contributed by atoms with Gasteiger partial charge >= 0.3 is 12.2 Å². The minimum Gasteiger partial charge on any atom is -0.465 e. The predicted octanol–water partition coefficient (Wildman–Crippen LogP) is 3.88. The highest BCUT2D eigenvalue weighted by Gasteiger charge is 2.49. The Hall–Kier alpha value is -2.52. The van der Waals surface area contributed by atoms with Crippen molar-refractivity contribution in [3.63, 3.8) is 0 Å². The largest absolute Gasteiger partial charge is 0.465 e. The van der Waals surface area contributed by atoms with E-state index in [-0.39, 0.29) is 13.2 Å². The van der Waals surface area contributed by atoms with E-state index in [0.29, 0.717) is 30.8 Å². The fourth-order valence-electron chi connectivity index (χ4n) is 4.60. The molecular formula is C24H34ClN3O6. The lowest BCUT2D eigenvalue weighted by Crippen LogP contribution is -2.64. The van der Waals surface area contributed by atoms with Gasteiger partial charge in [-0.25, -0.2) is 9.59 Å². The van der Waals surface area contributed by atoms with Gasteiger partial charge in [0.15, 0.2) is 0 Å². The van der Waals surface area contributed by atoms with E-state index in [1.807, 2.05) is 12.1 Å². The van der Waals surface area contributed by atoms with E-state index < -0.39 is 41.0 Å². The Kier molecular flexibility index (Phi) is 7.38. The van der Waals surface area contributed by atoms with Crippen molar-refractivity contribution in [2.45, 2.75) is 76.8 Å². The molecule has 2 aliphatic heterocycles. The molecule has 2 atom stereocenters. The van der Waals surface area contributed by atoms with E-state index in [1.165, 1.54) is 0 Å². The number of carboxylic acid groups (broad SMARTS) is 1. The third-order valence-corrected chi connectivity index (χ3v) is 6.32. The number of nitrogens with one attached hydrogen (secondary N) is 1. The molecule has 1 aromatic rings. The van der Waals surface area contributed by atoms with Crippen LogP contribution in [0.1, 0.15) is 53.0 Å². The number of carbonyl (C=O) groups is 3. The van der Waals surface area contributed by atoms with Crippen LogP contribution in [0.15, 0.2) is 24.3 Å². The molecule has 10 heteroatoms. The van der Waals surface area contributed by atoms with Gasteiger partial charge in [0.05, 0.1) is 12.1 Å². The lowest BCUT2D eigenvalue weighted by molar-refractivity contribution is -0.128. The number of nitrogens with zero attached hydrogens (tertiary/aromatic N) is 2. The zero-order valence-electron chi connectivity index (χ0n) is 20.4. The number of piperidine rings is 1. The minimum absolute atomic E-state index is 0.0437. The van der Waals surface area contributed by atoms with Crippen molar-refractivity contribution in [2.75, 3.05) is 19.7 Å². The summed E-state index contributed by atoms with van der Waals surface area (Å²) < 4.78 is 11.2. The number of amides is 3. The van der Waals surface area contributed by atoms with Crippen LogP contribution in [0.4, 0.5) is 9.59 Å². The number of halogens is 1. The van der Waals surface area contributed by atoms with Crippen LogP contribution < -0.4 is 5.32 Å².